The molecule has 0 bridgehead atoms. The zero-order valence-corrected chi connectivity index (χ0v) is 16.4. The number of thiazole rings is 1. The van der Waals surface area contributed by atoms with Crippen LogP contribution in [0, 0.1) is 10.1 Å². The number of hydrogen-bond donors (Lipinski definition) is 0. The minimum atomic E-state index is -0.505. The topological polar surface area (TPSA) is 89.2 Å². The van der Waals surface area contributed by atoms with Gasteiger partial charge in [0, 0.05) is 23.9 Å². The molecule has 0 spiro atoms. The van der Waals surface area contributed by atoms with E-state index in [9.17, 15) is 14.9 Å². The molecular formula is C20H13ClN4O3S. The van der Waals surface area contributed by atoms with Crippen molar-refractivity contribution in [2.45, 2.75) is 6.54 Å². The summed E-state index contributed by atoms with van der Waals surface area (Å²) in [5, 5.41) is 11.9. The fraction of sp³-hybridized carbons (Fsp3) is 0.0500. The molecule has 0 radical (unpaired) electrons. The van der Waals surface area contributed by atoms with Crippen LogP contribution in [-0.2, 0) is 6.54 Å². The number of carbonyl (C=O) groups is 1. The van der Waals surface area contributed by atoms with E-state index in [1.54, 1.807) is 18.3 Å². The van der Waals surface area contributed by atoms with Gasteiger partial charge in [-0.3, -0.25) is 24.8 Å². The van der Waals surface area contributed by atoms with E-state index in [2.05, 4.69) is 9.97 Å². The van der Waals surface area contributed by atoms with Gasteiger partial charge in [-0.15, -0.1) is 0 Å². The second-order valence-corrected chi connectivity index (χ2v) is 7.52. The van der Waals surface area contributed by atoms with E-state index in [1.807, 2.05) is 24.3 Å². The number of benzene rings is 2. The first-order chi connectivity index (χ1) is 14.0. The first-order valence-electron chi connectivity index (χ1n) is 8.54. The van der Waals surface area contributed by atoms with Crippen LogP contribution in [0.15, 0.2) is 66.9 Å². The predicted octanol–water partition coefficient (Wildman–Crippen LogP) is 5.10. The molecule has 4 aromatic rings. The van der Waals surface area contributed by atoms with Crippen molar-refractivity contribution in [1.29, 1.82) is 0 Å². The van der Waals surface area contributed by atoms with Gasteiger partial charge in [-0.2, -0.15) is 0 Å². The molecule has 2 aromatic heterocycles. The SMILES string of the molecule is O=C(c1ccc([N+](=O)[O-])cc1)N(Cc1ccccn1)c1nc2c(Cl)cccc2s1. The van der Waals surface area contributed by atoms with Crippen LogP contribution in [-0.4, -0.2) is 20.8 Å². The van der Waals surface area contributed by atoms with E-state index >= 15 is 0 Å². The minimum absolute atomic E-state index is 0.0791. The number of amides is 1. The lowest BCUT2D eigenvalue weighted by Crippen LogP contribution is -2.30. The molecule has 4 rings (SSSR count). The third-order valence-corrected chi connectivity index (χ3v) is 5.55. The van der Waals surface area contributed by atoms with Crippen LogP contribution in [0.4, 0.5) is 10.8 Å². The maximum absolute atomic E-state index is 13.3. The summed E-state index contributed by atoms with van der Waals surface area (Å²) in [6.45, 7) is 0.202. The second kappa shape index (κ2) is 7.94. The van der Waals surface area contributed by atoms with Crippen molar-refractivity contribution in [3.63, 3.8) is 0 Å². The van der Waals surface area contributed by atoms with Crippen LogP contribution in [0.2, 0.25) is 5.02 Å². The van der Waals surface area contributed by atoms with E-state index in [1.165, 1.54) is 40.5 Å². The number of fused-ring (bicyclic) bond motifs is 1. The first-order valence-corrected chi connectivity index (χ1v) is 9.73. The van der Waals surface area contributed by atoms with Crippen LogP contribution >= 0.6 is 22.9 Å². The van der Waals surface area contributed by atoms with Crippen LogP contribution in [0.25, 0.3) is 10.2 Å². The molecule has 0 fully saturated rings. The first kappa shape index (κ1) is 19.0. The van der Waals surface area contributed by atoms with Crippen molar-refractivity contribution in [2.24, 2.45) is 0 Å². The van der Waals surface area contributed by atoms with Crippen molar-refractivity contribution in [3.8, 4) is 0 Å². The summed E-state index contributed by atoms with van der Waals surface area (Å²) in [5.41, 5.74) is 1.55. The van der Waals surface area contributed by atoms with Crippen molar-refractivity contribution >= 4 is 49.9 Å². The maximum Gasteiger partial charge on any atom is 0.269 e. The Bertz CT molecular complexity index is 1200. The highest BCUT2D eigenvalue weighted by Crippen LogP contribution is 2.34. The Kier molecular flexibility index (Phi) is 5.20. The Hall–Kier alpha value is -3.36. The Morgan fingerprint density at radius 1 is 1.10 bits per heavy atom. The Morgan fingerprint density at radius 2 is 1.90 bits per heavy atom. The third kappa shape index (κ3) is 3.94. The average Bonchev–Trinajstić information content (AvgIpc) is 3.18. The van der Waals surface area contributed by atoms with Crippen LogP contribution in [0.5, 0.6) is 0 Å². The van der Waals surface area contributed by atoms with Gasteiger partial charge in [0.2, 0.25) is 0 Å². The van der Waals surface area contributed by atoms with Gasteiger partial charge in [-0.25, -0.2) is 4.98 Å². The molecule has 9 heteroatoms. The van der Waals surface area contributed by atoms with Crippen LogP contribution in [0.3, 0.4) is 0 Å². The predicted molar refractivity (Wildman–Crippen MR) is 112 cm³/mol. The molecule has 2 aromatic carbocycles. The molecule has 0 aliphatic rings. The second-order valence-electron chi connectivity index (χ2n) is 6.10. The van der Waals surface area contributed by atoms with E-state index in [4.69, 9.17) is 11.6 Å². The molecule has 0 aliphatic carbocycles. The molecule has 0 aliphatic heterocycles. The minimum Gasteiger partial charge on any atom is -0.278 e. The fourth-order valence-corrected chi connectivity index (χ4v) is 4.04. The summed E-state index contributed by atoms with van der Waals surface area (Å²) in [6.07, 6.45) is 1.65. The summed E-state index contributed by atoms with van der Waals surface area (Å²) in [4.78, 5) is 34.0. The van der Waals surface area contributed by atoms with Gasteiger partial charge in [0.15, 0.2) is 5.13 Å². The molecule has 1 amide bonds. The molecule has 0 N–H and O–H groups in total. The number of pyridine rings is 1. The maximum atomic E-state index is 13.3. The third-order valence-electron chi connectivity index (χ3n) is 4.21. The largest absolute Gasteiger partial charge is 0.278 e. The van der Waals surface area contributed by atoms with Crippen molar-refractivity contribution < 1.29 is 9.72 Å². The number of nitrogens with zero attached hydrogens (tertiary/aromatic N) is 4. The molecular weight excluding hydrogens is 412 g/mol. The lowest BCUT2D eigenvalue weighted by atomic mass is 10.2. The summed E-state index contributed by atoms with van der Waals surface area (Å²) in [5.74, 6) is -0.333. The van der Waals surface area contributed by atoms with Crippen molar-refractivity contribution in [1.82, 2.24) is 9.97 Å². The smallest absolute Gasteiger partial charge is 0.269 e. The molecule has 0 saturated carbocycles. The number of para-hydroxylation sites is 1. The van der Waals surface area contributed by atoms with Gasteiger partial charge in [0.1, 0.15) is 5.52 Å². The summed E-state index contributed by atoms with van der Waals surface area (Å²) in [7, 11) is 0. The number of carbonyl (C=O) groups excluding carboxylic acids is 1. The lowest BCUT2D eigenvalue weighted by Gasteiger charge is -2.19. The highest BCUT2D eigenvalue weighted by molar-refractivity contribution is 7.22. The number of aromatic nitrogens is 2. The highest BCUT2D eigenvalue weighted by Gasteiger charge is 2.23. The Morgan fingerprint density at radius 3 is 2.55 bits per heavy atom. The molecule has 0 saturated heterocycles. The zero-order chi connectivity index (χ0) is 20.4. The van der Waals surface area contributed by atoms with E-state index in [0.29, 0.717) is 26.9 Å². The van der Waals surface area contributed by atoms with Gasteiger partial charge in [-0.1, -0.05) is 35.1 Å². The van der Waals surface area contributed by atoms with Gasteiger partial charge in [0.25, 0.3) is 11.6 Å². The standard InChI is InChI=1S/C20H13ClN4O3S/c21-16-5-3-6-17-18(16)23-20(29-17)24(12-14-4-1-2-11-22-14)19(26)13-7-9-15(10-8-13)25(27)28/h1-11H,12H2. The van der Waals surface area contributed by atoms with Crippen LogP contribution < -0.4 is 4.90 Å². The number of hydrogen-bond acceptors (Lipinski definition) is 6. The lowest BCUT2D eigenvalue weighted by molar-refractivity contribution is -0.384. The molecule has 29 heavy (non-hydrogen) atoms. The number of nitro benzene ring substituents is 1. The molecule has 2 heterocycles. The van der Waals surface area contributed by atoms with Crippen LogP contribution in [0.1, 0.15) is 16.1 Å². The quantitative estimate of drug-likeness (QED) is 0.328. The summed E-state index contributed by atoms with van der Waals surface area (Å²) in [6, 6.07) is 16.4. The molecule has 0 unspecified atom stereocenters. The van der Waals surface area contributed by atoms with E-state index in [-0.39, 0.29) is 18.1 Å². The monoisotopic (exact) mass is 424 g/mol. The van der Waals surface area contributed by atoms with Crippen molar-refractivity contribution in [2.75, 3.05) is 4.90 Å². The zero-order valence-electron chi connectivity index (χ0n) is 14.9. The average molecular weight is 425 g/mol. The van der Waals surface area contributed by atoms with Gasteiger partial charge in [-0.05, 0) is 36.4 Å². The molecule has 0 atom stereocenters. The van der Waals surface area contributed by atoms with E-state index < -0.39 is 4.92 Å². The summed E-state index contributed by atoms with van der Waals surface area (Å²) >= 11 is 7.59. The van der Waals surface area contributed by atoms with Crippen molar-refractivity contribution in [3.05, 3.63) is 93.3 Å². The Labute approximate surface area is 174 Å². The molecule has 144 valence electrons. The highest BCUT2D eigenvalue weighted by atomic mass is 35.5. The summed E-state index contributed by atoms with van der Waals surface area (Å²) < 4.78 is 0.857. The number of anilines is 1. The Balaban J connectivity index is 1.75. The number of rotatable bonds is 5. The van der Waals surface area contributed by atoms with Gasteiger partial charge in [0.05, 0.1) is 26.9 Å². The molecule has 7 nitrogen and oxygen atoms in total. The number of halogens is 1. The van der Waals surface area contributed by atoms with Gasteiger partial charge < -0.3 is 0 Å². The fourth-order valence-electron chi connectivity index (χ4n) is 2.78. The number of non-ortho nitro benzene ring substituents is 1. The number of nitro groups is 1. The normalized spacial score (nSPS) is 10.8. The van der Waals surface area contributed by atoms with E-state index in [0.717, 1.165) is 4.70 Å². The van der Waals surface area contributed by atoms with Gasteiger partial charge >= 0.3 is 0 Å².